The summed E-state index contributed by atoms with van der Waals surface area (Å²) in [6.07, 6.45) is 3.85. The van der Waals surface area contributed by atoms with E-state index in [4.69, 9.17) is 4.42 Å². The molecule has 0 radical (unpaired) electrons. The van der Waals surface area contributed by atoms with Crippen LogP contribution in [0.4, 0.5) is 0 Å². The summed E-state index contributed by atoms with van der Waals surface area (Å²) in [6, 6.07) is 3.73. The molecule has 1 unspecified atom stereocenters. The fourth-order valence-electron chi connectivity index (χ4n) is 2.90. The first kappa shape index (κ1) is 17.1. The lowest BCUT2D eigenvalue weighted by atomic mass is 10.2. The summed E-state index contributed by atoms with van der Waals surface area (Å²) in [5.41, 5.74) is 0. The summed E-state index contributed by atoms with van der Waals surface area (Å²) in [5, 5.41) is 9.22. The zero-order valence-corrected chi connectivity index (χ0v) is 15.3. The van der Waals surface area contributed by atoms with Crippen LogP contribution in [0.15, 0.2) is 28.0 Å². The van der Waals surface area contributed by atoms with Crippen LogP contribution in [0.1, 0.15) is 33.6 Å². The Labute approximate surface area is 146 Å². The lowest BCUT2D eigenvalue weighted by molar-refractivity contribution is -0.129. The average Bonchev–Trinajstić information content (AvgIpc) is 3.28. The third kappa shape index (κ3) is 3.66. The van der Waals surface area contributed by atoms with Crippen LogP contribution in [0, 0.1) is 5.92 Å². The highest BCUT2D eigenvalue weighted by Crippen LogP contribution is 2.29. The Morgan fingerprint density at radius 3 is 2.67 bits per heavy atom. The number of carbonyl (C=O) groups excluding carboxylic acids is 1. The average molecular weight is 348 g/mol. The molecule has 2 aromatic rings. The van der Waals surface area contributed by atoms with Gasteiger partial charge in [-0.25, -0.2) is 0 Å². The number of furan rings is 1. The van der Waals surface area contributed by atoms with E-state index < -0.39 is 0 Å². The van der Waals surface area contributed by atoms with Gasteiger partial charge in [-0.15, -0.1) is 10.2 Å². The summed E-state index contributed by atoms with van der Waals surface area (Å²) in [5.74, 6) is 2.06. The highest BCUT2D eigenvalue weighted by atomic mass is 32.2. The Balaban J connectivity index is 1.80. The van der Waals surface area contributed by atoms with E-state index >= 15 is 0 Å². The van der Waals surface area contributed by atoms with Crippen molar-refractivity contribution in [1.29, 1.82) is 0 Å². The minimum absolute atomic E-state index is 0.164. The molecule has 7 heteroatoms. The van der Waals surface area contributed by atoms with E-state index in [0.29, 0.717) is 11.7 Å². The number of aromatic nitrogens is 3. The lowest BCUT2D eigenvalue weighted by Crippen LogP contribution is -2.34. The molecule has 0 bridgehead atoms. The fraction of sp³-hybridized carbons (Fsp3) is 0.588. The number of hydrogen-bond acceptors (Lipinski definition) is 5. The molecule has 6 nitrogen and oxygen atoms in total. The summed E-state index contributed by atoms with van der Waals surface area (Å²) < 4.78 is 7.54. The number of rotatable bonds is 6. The molecule has 3 rings (SSSR count). The maximum absolute atomic E-state index is 12.5. The van der Waals surface area contributed by atoms with Crippen molar-refractivity contribution >= 4 is 17.7 Å². The van der Waals surface area contributed by atoms with Gasteiger partial charge in [-0.2, -0.15) is 0 Å². The third-order valence-electron chi connectivity index (χ3n) is 4.05. The zero-order chi connectivity index (χ0) is 17.1. The predicted octanol–water partition coefficient (Wildman–Crippen LogP) is 3.30. The topological polar surface area (TPSA) is 64.2 Å². The first-order valence-corrected chi connectivity index (χ1v) is 9.36. The molecule has 0 aromatic carbocycles. The van der Waals surface area contributed by atoms with Crippen LogP contribution < -0.4 is 0 Å². The molecule has 1 aliphatic heterocycles. The molecular weight excluding hydrogens is 324 g/mol. The number of hydrogen-bond donors (Lipinski definition) is 0. The van der Waals surface area contributed by atoms with Crippen LogP contribution in [-0.2, 0) is 11.3 Å². The minimum atomic E-state index is -0.164. The lowest BCUT2D eigenvalue weighted by Gasteiger charge is -2.20. The van der Waals surface area contributed by atoms with Gasteiger partial charge >= 0.3 is 0 Å². The molecule has 3 heterocycles. The molecule has 0 aliphatic carbocycles. The molecule has 1 aliphatic rings. The van der Waals surface area contributed by atoms with Crippen molar-refractivity contribution in [3.63, 3.8) is 0 Å². The Morgan fingerprint density at radius 1 is 1.29 bits per heavy atom. The second-order valence-electron chi connectivity index (χ2n) is 6.58. The van der Waals surface area contributed by atoms with Gasteiger partial charge in [-0.3, -0.25) is 9.36 Å². The maximum atomic E-state index is 12.5. The summed E-state index contributed by atoms with van der Waals surface area (Å²) in [6.45, 7) is 8.79. The van der Waals surface area contributed by atoms with Crippen LogP contribution in [0.3, 0.4) is 0 Å². The van der Waals surface area contributed by atoms with E-state index in [1.165, 1.54) is 11.8 Å². The van der Waals surface area contributed by atoms with E-state index in [1.807, 2.05) is 24.0 Å². The molecule has 0 N–H and O–H groups in total. The van der Waals surface area contributed by atoms with Crippen LogP contribution >= 0.6 is 11.8 Å². The standard InChI is InChI=1S/C17H24N4O2S/c1-12(2)11-21-15(14-7-6-10-23-14)18-19-17(21)24-13(3)16(22)20-8-4-5-9-20/h6-7,10,12-13H,4-5,8-9,11H2,1-3H3. The first-order chi connectivity index (χ1) is 11.6. The Morgan fingerprint density at radius 2 is 2.04 bits per heavy atom. The van der Waals surface area contributed by atoms with Crippen LogP contribution in [0.25, 0.3) is 11.6 Å². The number of carbonyl (C=O) groups is 1. The molecule has 1 amide bonds. The molecule has 24 heavy (non-hydrogen) atoms. The summed E-state index contributed by atoms with van der Waals surface area (Å²) >= 11 is 1.48. The SMILES string of the molecule is CC(C)Cn1c(SC(C)C(=O)N2CCCC2)nnc1-c1ccco1. The Hall–Kier alpha value is -1.76. The third-order valence-corrected chi connectivity index (χ3v) is 5.12. The second kappa shape index (κ2) is 7.42. The predicted molar refractivity (Wildman–Crippen MR) is 93.7 cm³/mol. The van der Waals surface area contributed by atoms with Crippen molar-refractivity contribution in [2.75, 3.05) is 13.1 Å². The number of thioether (sulfide) groups is 1. The van der Waals surface area contributed by atoms with E-state index in [9.17, 15) is 4.79 Å². The van der Waals surface area contributed by atoms with Gasteiger partial charge in [0.2, 0.25) is 5.91 Å². The normalized spacial score (nSPS) is 16.1. The van der Waals surface area contributed by atoms with Crippen molar-refractivity contribution in [2.24, 2.45) is 5.92 Å². The van der Waals surface area contributed by atoms with E-state index in [1.54, 1.807) is 6.26 Å². The molecule has 0 saturated carbocycles. The molecule has 1 atom stereocenters. The Bertz CT molecular complexity index is 675. The van der Waals surface area contributed by atoms with Gasteiger partial charge in [0, 0.05) is 19.6 Å². The molecular formula is C17H24N4O2S. The van der Waals surface area contributed by atoms with E-state index in [2.05, 4.69) is 28.6 Å². The highest BCUT2D eigenvalue weighted by Gasteiger charge is 2.26. The molecule has 130 valence electrons. The van der Waals surface area contributed by atoms with E-state index in [0.717, 1.165) is 43.5 Å². The molecule has 1 saturated heterocycles. The largest absolute Gasteiger partial charge is 0.461 e. The van der Waals surface area contributed by atoms with E-state index in [-0.39, 0.29) is 11.2 Å². The fourth-order valence-corrected chi connectivity index (χ4v) is 3.84. The number of likely N-dealkylation sites (tertiary alicyclic amines) is 1. The first-order valence-electron chi connectivity index (χ1n) is 8.48. The van der Waals surface area contributed by atoms with Crippen molar-refractivity contribution < 1.29 is 9.21 Å². The van der Waals surface area contributed by atoms with Gasteiger partial charge in [-0.1, -0.05) is 25.6 Å². The minimum Gasteiger partial charge on any atom is -0.461 e. The number of nitrogens with zero attached hydrogens (tertiary/aromatic N) is 4. The zero-order valence-electron chi connectivity index (χ0n) is 14.4. The van der Waals surface area contributed by atoms with Crippen molar-refractivity contribution in [2.45, 2.75) is 50.6 Å². The van der Waals surface area contributed by atoms with Crippen LogP contribution in [0.5, 0.6) is 0 Å². The van der Waals surface area contributed by atoms with Crippen molar-refractivity contribution in [1.82, 2.24) is 19.7 Å². The second-order valence-corrected chi connectivity index (χ2v) is 7.89. The Kier molecular flexibility index (Phi) is 5.28. The highest BCUT2D eigenvalue weighted by molar-refractivity contribution is 8.00. The number of amides is 1. The van der Waals surface area contributed by atoms with Gasteiger partial charge in [0.15, 0.2) is 16.7 Å². The molecule has 0 spiro atoms. The van der Waals surface area contributed by atoms with Crippen molar-refractivity contribution in [3.8, 4) is 11.6 Å². The van der Waals surface area contributed by atoms with Crippen molar-refractivity contribution in [3.05, 3.63) is 18.4 Å². The van der Waals surface area contributed by atoms with Gasteiger partial charge in [0.25, 0.3) is 0 Å². The maximum Gasteiger partial charge on any atom is 0.235 e. The van der Waals surface area contributed by atoms with Crippen LogP contribution in [-0.4, -0.2) is 43.9 Å². The van der Waals surface area contributed by atoms with Gasteiger partial charge in [0.05, 0.1) is 11.5 Å². The molecule has 2 aromatic heterocycles. The van der Waals surface area contributed by atoms with Gasteiger partial charge < -0.3 is 9.32 Å². The molecule has 1 fully saturated rings. The quantitative estimate of drug-likeness (QED) is 0.750. The summed E-state index contributed by atoms with van der Waals surface area (Å²) in [7, 11) is 0. The van der Waals surface area contributed by atoms with Gasteiger partial charge in [-0.05, 0) is 37.8 Å². The smallest absolute Gasteiger partial charge is 0.235 e. The monoisotopic (exact) mass is 348 g/mol. The van der Waals surface area contributed by atoms with Gasteiger partial charge in [0.1, 0.15) is 0 Å². The van der Waals surface area contributed by atoms with Crippen LogP contribution in [0.2, 0.25) is 0 Å². The summed E-state index contributed by atoms with van der Waals surface area (Å²) in [4.78, 5) is 14.5.